The molecule has 1 heterocycles. The van der Waals surface area contributed by atoms with Gasteiger partial charge >= 0.3 is 0 Å². The summed E-state index contributed by atoms with van der Waals surface area (Å²) in [6, 6.07) is 18.9. The summed E-state index contributed by atoms with van der Waals surface area (Å²) in [7, 11) is 0. The molecular weight excluding hydrogens is 384 g/mol. The molecule has 1 N–H and O–H groups in total. The maximum Gasteiger partial charge on any atom is 0.254 e. The maximum absolute atomic E-state index is 12.9. The summed E-state index contributed by atoms with van der Waals surface area (Å²) in [6.45, 7) is 4.37. The molecular formula is C22H24N4O2S. The van der Waals surface area contributed by atoms with Gasteiger partial charge in [-0.25, -0.2) is 0 Å². The smallest absolute Gasteiger partial charge is 0.254 e. The molecule has 3 aromatic rings. The molecule has 0 saturated carbocycles. The maximum atomic E-state index is 12.9. The van der Waals surface area contributed by atoms with Crippen molar-refractivity contribution in [3.05, 3.63) is 66.2 Å². The van der Waals surface area contributed by atoms with E-state index in [4.69, 9.17) is 0 Å². The number of aromatic nitrogens is 2. The Morgan fingerprint density at radius 2 is 1.69 bits per heavy atom. The molecule has 29 heavy (non-hydrogen) atoms. The summed E-state index contributed by atoms with van der Waals surface area (Å²) in [6.07, 6.45) is 1.01. The van der Waals surface area contributed by atoms with Crippen LogP contribution in [0.4, 0.5) is 5.13 Å². The first-order chi connectivity index (χ1) is 14.1. The average molecular weight is 409 g/mol. The minimum Gasteiger partial charge on any atom is -0.335 e. The fraction of sp³-hybridized carbons (Fsp3) is 0.273. The van der Waals surface area contributed by atoms with Gasteiger partial charge in [0.1, 0.15) is 5.01 Å². The standard InChI is InChI=1S/C22H24N4O2S/c1-3-16(2)26(21(28)18-12-8-5-9-13-18)15-14-19(27)23-22-25-24-20(29-22)17-10-6-4-7-11-17/h4-13,16H,3,14-15H2,1-2H3,(H,23,25,27). The molecule has 0 aliphatic rings. The number of nitrogens with zero attached hydrogens (tertiary/aromatic N) is 3. The van der Waals surface area contributed by atoms with Gasteiger partial charge in [-0.05, 0) is 25.5 Å². The third-order valence-electron chi connectivity index (χ3n) is 4.68. The van der Waals surface area contributed by atoms with Gasteiger partial charge in [0.25, 0.3) is 5.91 Å². The van der Waals surface area contributed by atoms with E-state index in [2.05, 4.69) is 15.5 Å². The fourth-order valence-electron chi connectivity index (χ4n) is 2.86. The Morgan fingerprint density at radius 3 is 2.34 bits per heavy atom. The van der Waals surface area contributed by atoms with Crippen molar-refractivity contribution in [1.29, 1.82) is 0 Å². The molecule has 1 atom stereocenters. The number of carbonyl (C=O) groups is 2. The van der Waals surface area contributed by atoms with Crippen LogP contribution in [0, 0.1) is 0 Å². The van der Waals surface area contributed by atoms with Crippen LogP contribution in [0.15, 0.2) is 60.7 Å². The summed E-state index contributed by atoms with van der Waals surface area (Å²) >= 11 is 1.33. The molecule has 0 aliphatic heterocycles. The van der Waals surface area contributed by atoms with Gasteiger partial charge in [-0.1, -0.05) is 66.8 Å². The number of hydrogen-bond donors (Lipinski definition) is 1. The molecule has 3 rings (SSSR count). The van der Waals surface area contributed by atoms with Crippen LogP contribution < -0.4 is 5.32 Å². The van der Waals surface area contributed by atoms with E-state index >= 15 is 0 Å². The van der Waals surface area contributed by atoms with Crippen molar-refractivity contribution in [2.24, 2.45) is 0 Å². The Morgan fingerprint density at radius 1 is 1.03 bits per heavy atom. The monoisotopic (exact) mass is 408 g/mol. The summed E-state index contributed by atoms with van der Waals surface area (Å²) in [4.78, 5) is 27.0. The Labute approximate surface area is 174 Å². The normalized spacial score (nSPS) is 11.7. The highest BCUT2D eigenvalue weighted by Crippen LogP contribution is 2.26. The first-order valence-electron chi connectivity index (χ1n) is 9.63. The summed E-state index contributed by atoms with van der Waals surface area (Å²) in [5, 5.41) is 12.2. The molecule has 0 bridgehead atoms. The number of carbonyl (C=O) groups excluding carboxylic acids is 2. The number of anilines is 1. The number of hydrogen-bond acceptors (Lipinski definition) is 5. The lowest BCUT2D eigenvalue weighted by Crippen LogP contribution is -2.40. The highest BCUT2D eigenvalue weighted by atomic mass is 32.1. The minimum absolute atomic E-state index is 0.0433. The lowest BCUT2D eigenvalue weighted by Gasteiger charge is -2.28. The van der Waals surface area contributed by atoms with Gasteiger partial charge < -0.3 is 10.2 Å². The van der Waals surface area contributed by atoms with Crippen LogP contribution in [0.25, 0.3) is 10.6 Å². The van der Waals surface area contributed by atoms with Crippen LogP contribution in [0.3, 0.4) is 0 Å². The van der Waals surface area contributed by atoms with Gasteiger partial charge in [0.05, 0.1) is 0 Å². The van der Waals surface area contributed by atoms with Gasteiger partial charge in [0.15, 0.2) is 0 Å². The topological polar surface area (TPSA) is 75.2 Å². The lowest BCUT2D eigenvalue weighted by atomic mass is 10.1. The van der Waals surface area contributed by atoms with Crippen molar-refractivity contribution in [2.75, 3.05) is 11.9 Å². The van der Waals surface area contributed by atoms with E-state index in [1.807, 2.05) is 62.4 Å². The molecule has 2 aromatic carbocycles. The lowest BCUT2D eigenvalue weighted by molar-refractivity contribution is -0.116. The summed E-state index contributed by atoms with van der Waals surface area (Å²) in [5.41, 5.74) is 1.59. The molecule has 6 nitrogen and oxygen atoms in total. The zero-order chi connectivity index (χ0) is 20.6. The minimum atomic E-state index is -0.185. The largest absolute Gasteiger partial charge is 0.335 e. The van der Waals surface area contributed by atoms with Gasteiger partial charge in [-0.15, -0.1) is 10.2 Å². The number of rotatable bonds is 8. The first-order valence-corrected chi connectivity index (χ1v) is 10.4. The van der Waals surface area contributed by atoms with Crippen molar-refractivity contribution < 1.29 is 9.59 Å². The second-order valence-corrected chi connectivity index (χ2v) is 7.68. The van der Waals surface area contributed by atoms with E-state index in [1.165, 1.54) is 11.3 Å². The molecule has 0 radical (unpaired) electrons. The first kappa shape index (κ1) is 20.7. The second-order valence-electron chi connectivity index (χ2n) is 6.70. The second kappa shape index (κ2) is 9.93. The number of amides is 2. The van der Waals surface area contributed by atoms with Gasteiger partial charge in [-0.2, -0.15) is 0 Å². The van der Waals surface area contributed by atoms with Crippen LogP contribution in [0.2, 0.25) is 0 Å². The zero-order valence-electron chi connectivity index (χ0n) is 16.5. The third-order valence-corrected chi connectivity index (χ3v) is 5.56. The van der Waals surface area contributed by atoms with Crippen LogP contribution in [-0.2, 0) is 4.79 Å². The Balaban J connectivity index is 1.60. The van der Waals surface area contributed by atoms with Gasteiger partial charge in [0.2, 0.25) is 11.0 Å². The summed E-state index contributed by atoms with van der Waals surface area (Å²) in [5.74, 6) is -0.245. The SMILES string of the molecule is CCC(C)N(CCC(=O)Nc1nnc(-c2ccccc2)s1)C(=O)c1ccccc1. The molecule has 0 aliphatic carbocycles. The number of nitrogens with one attached hydrogen (secondary N) is 1. The highest BCUT2D eigenvalue weighted by Gasteiger charge is 2.21. The van der Waals surface area contributed by atoms with E-state index in [1.54, 1.807) is 17.0 Å². The molecule has 0 fully saturated rings. The van der Waals surface area contributed by atoms with Crippen molar-refractivity contribution in [1.82, 2.24) is 15.1 Å². The predicted molar refractivity (Wildman–Crippen MR) is 116 cm³/mol. The van der Waals surface area contributed by atoms with Crippen LogP contribution in [0.5, 0.6) is 0 Å². The van der Waals surface area contributed by atoms with Crippen molar-refractivity contribution >= 4 is 28.3 Å². The predicted octanol–water partition coefficient (Wildman–Crippen LogP) is 4.47. The quantitative estimate of drug-likeness (QED) is 0.596. The third kappa shape index (κ3) is 5.48. The van der Waals surface area contributed by atoms with E-state index in [0.29, 0.717) is 17.2 Å². The Bertz CT molecular complexity index is 944. The van der Waals surface area contributed by atoms with Crippen LogP contribution in [0.1, 0.15) is 37.0 Å². The molecule has 1 aromatic heterocycles. The van der Waals surface area contributed by atoms with Crippen LogP contribution in [-0.4, -0.2) is 39.5 Å². The van der Waals surface area contributed by atoms with Crippen molar-refractivity contribution in [3.63, 3.8) is 0 Å². The van der Waals surface area contributed by atoms with E-state index in [9.17, 15) is 9.59 Å². The molecule has 0 saturated heterocycles. The Kier molecular flexibility index (Phi) is 7.08. The van der Waals surface area contributed by atoms with Crippen molar-refractivity contribution in [3.8, 4) is 10.6 Å². The van der Waals surface area contributed by atoms with E-state index in [0.717, 1.165) is 17.0 Å². The molecule has 2 amide bonds. The molecule has 0 spiro atoms. The van der Waals surface area contributed by atoms with E-state index < -0.39 is 0 Å². The van der Waals surface area contributed by atoms with Gasteiger partial charge in [0, 0.05) is 30.1 Å². The Hall–Kier alpha value is -3.06. The summed E-state index contributed by atoms with van der Waals surface area (Å²) < 4.78 is 0. The average Bonchev–Trinajstić information content (AvgIpc) is 3.23. The van der Waals surface area contributed by atoms with Crippen molar-refractivity contribution in [2.45, 2.75) is 32.7 Å². The molecule has 150 valence electrons. The van der Waals surface area contributed by atoms with Crippen LogP contribution >= 0.6 is 11.3 Å². The van der Waals surface area contributed by atoms with E-state index in [-0.39, 0.29) is 24.3 Å². The molecule has 1 unspecified atom stereocenters. The number of benzene rings is 2. The molecule has 7 heteroatoms. The fourth-order valence-corrected chi connectivity index (χ4v) is 3.63. The highest BCUT2D eigenvalue weighted by molar-refractivity contribution is 7.18. The zero-order valence-corrected chi connectivity index (χ0v) is 17.4. The van der Waals surface area contributed by atoms with Gasteiger partial charge in [-0.3, -0.25) is 9.59 Å².